The van der Waals surface area contributed by atoms with Gasteiger partial charge in [-0.2, -0.15) is 0 Å². The molecule has 1 aliphatic rings. The number of nitrogens with zero attached hydrogens (tertiary/aromatic N) is 1. The van der Waals surface area contributed by atoms with Gasteiger partial charge < -0.3 is 15.4 Å². The Labute approximate surface area is 115 Å². The zero-order chi connectivity index (χ0) is 14.5. The van der Waals surface area contributed by atoms with Crippen molar-refractivity contribution in [2.75, 3.05) is 19.7 Å². The molecule has 1 saturated heterocycles. The van der Waals surface area contributed by atoms with Crippen molar-refractivity contribution in [2.24, 2.45) is 5.73 Å². The van der Waals surface area contributed by atoms with Crippen molar-refractivity contribution in [3.8, 4) is 0 Å². The van der Waals surface area contributed by atoms with Crippen LogP contribution >= 0.6 is 0 Å². The summed E-state index contributed by atoms with van der Waals surface area (Å²) < 4.78 is 18.1. The van der Waals surface area contributed by atoms with Gasteiger partial charge in [-0.1, -0.05) is 12.1 Å². The quantitative estimate of drug-likeness (QED) is 0.821. The first-order valence-electron chi connectivity index (χ1n) is 6.20. The van der Waals surface area contributed by atoms with Crippen molar-refractivity contribution in [3.63, 3.8) is 0 Å². The van der Waals surface area contributed by atoms with Crippen molar-refractivity contribution < 1.29 is 18.7 Å². The van der Waals surface area contributed by atoms with E-state index in [1.807, 2.05) is 0 Å². The maximum Gasteiger partial charge on any atom is 0.248 e. The highest BCUT2D eigenvalue weighted by Crippen LogP contribution is 2.08. The predicted octanol–water partition coefficient (Wildman–Crippen LogP) is 0.552. The Morgan fingerprint density at radius 2 is 2.25 bits per heavy atom. The van der Waals surface area contributed by atoms with E-state index in [2.05, 4.69) is 0 Å². The zero-order valence-electron chi connectivity index (χ0n) is 10.8. The van der Waals surface area contributed by atoms with Crippen LogP contribution in [-0.2, 0) is 14.3 Å². The van der Waals surface area contributed by atoms with E-state index in [1.165, 1.54) is 29.2 Å². The fraction of sp³-hybridized carbons (Fsp3) is 0.286. The molecular weight excluding hydrogens is 263 g/mol. The van der Waals surface area contributed by atoms with Crippen molar-refractivity contribution in [3.05, 3.63) is 41.7 Å². The lowest BCUT2D eigenvalue weighted by molar-refractivity contribution is -0.142. The monoisotopic (exact) mass is 278 g/mol. The molecule has 106 valence electrons. The van der Waals surface area contributed by atoms with E-state index in [9.17, 15) is 14.0 Å². The summed E-state index contributed by atoms with van der Waals surface area (Å²) in [6.07, 6.45) is 2.11. The molecule has 0 unspecified atom stereocenters. The molecule has 0 saturated carbocycles. The van der Waals surface area contributed by atoms with Gasteiger partial charge in [-0.3, -0.25) is 9.59 Å². The minimum absolute atomic E-state index is 0.141. The summed E-state index contributed by atoms with van der Waals surface area (Å²) in [6, 6.07) is 5.92. The SMILES string of the molecule is NC(=O)[C@H]1CN(C(=O)/C=C\c2cccc(F)c2)CCO1. The summed E-state index contributed by atoms with van der Waals surface area (Å²) in [7, 11) is 0. The third-order valence-electron chi connectivity index (χ3n) is 2.96. The number of halogens is 1. The second-order valence-electron chi connectivity index (χ2n) is 4.43. The Bertz CT molecular complexity index is 545. The average Bonchev–Trinajstić information content (AvgIpc) is 2.45. The van der Waals surface area contributed by atoms with Gasteiger partial charge in [0, 0.05) is 12.6 Å². The van der Waals surface area contributed by atoms with E-state index in [-0.39, 0.29) is 24.9 Å². The van der Waals surface area contributed by atoms with Crippen LogP contribution in [0.4, 0.5) is 4.39 Å². The van der Waals surface area contributed by atoms with Gasteiger partial charge in [-0.05, 0) is 23.8 Å². The fourth-order valence-electron chi connectivity index (χ4n) is 1.90. The van der Waals surface area contributed by atoms with Crippen LogP contribution in [0.25, 0.3) is 6.08 Å². The molecule has 2 amide bonds. The van der Waals surface area contributed by atoms with Gasteiger partial charge in [-0.25, -0.2) is 4.39 Å². The first-order chi connectivity index (χ1) is 9.56. The van der Waals surface area contributed by atoms with Crippen LogP contribution in [0.15, 0.2) is 30.3 Å². The molecule has 5 nitrogen and oxygen atoms in total. The van der Waals surface area contributed by atoms with Crippen LogP contribution in [0.5, 0.6) is 0 Å². The highest BCUT2D eigenvalue weighted by molar-refractivity contribution is 5.92. The number of primary amides is 1. The average molecular weight is 278 g/mol. The van der Waals surface area contributed by atoms with Gasteiger partial charge in [0.15, 0.2) is 6.10 Å². The molecule has 1 aliphatic heterocycles. The van der Waals surface area contributed by atoms with Crippen molar-refractivity contribution in [1.29, 1.82) is 0 Å². The summed E-state index contributed by atoms with van der Waals surface area (Å²) in [5, 5.41) is 0. The summed E-state index contributed by atoms with van der Waals surface area (Å²) in [5.74, 6) is -1.21. The first-order valence-corrected chi connectivity index (χ1v) is 6.20. The lowest BCUT2D eigenvalue weighted by Crippen LogP contribution is -2.50. The molecule has 0 aromatic heterocycles. The van der Waals surface area contributed by atoms with E-state index in [1.54, 1.807) is 12.1 Å². The largest absolute Gasteiger partial charge is 0.367 e. The Hall–Kier alpha value is -2.21. The van der Waals surface area contributed by atoms with Gasteiger partial charge in [0.05, 0.1) is 13.2 Å². The van der Waals surface area contributed by atoms with Gasteiger partial charge in [0.2, 0.25) is 11.8 Å². The first kappa shape index (κ1) is 14.2. The highest BCUT2D eigenvalue weighted by atomic mass is 19.1. The number of hydrogen-bond acceptors (Lipinski definition) is 3. The van der Waals surface area contributed by atoms with Crippen LogP contribution in [0, 0.1) is 5.82 Å². The number of morpholine rings is 1. The number of amides is 2. The smallest absolute Gasteiger partial charge is 0.248 e. The van der Waals surface area contributed by atoms with Crippen molar-refractivity contribution in [1.82, 2.24) is 4.90 Å². The number of rotatable bonds is 3. The van der Waals surface area contributed by atoms with E-state index in [0.29, 0.717) is 12.1 Å². The molecular formula is C14H15FN2O3. The molecule has 1 atom stereocenters. The van der Waals surface area contributed by atoms with Crippen molar-refractivity contribution >= 4 is 17.9 Å². The normalized spacial score (nSPS) is 19.2. The molecule has 6 heteroatoms. The maximum absolute atomic E-state index is 13.0. The van der Waals surface area contributed by atoms with E-state index < -0.39 is 12.0 Å². The molecule has 1 aromatic rings. The molecule has 0 bridgehead atoms. The van der Waals surface area contributed by atoms with Crippen LogP contribution in [0.1, 0.15) is 5.56 Å². The minimum Gasteiger partial charge on any atom is -0.367 e. The van der Waals surface area contributed by atoms with Gasteiger partial charge >= 0.3 is 0 Å². The lowest BCUT2D eigenvalue weighted by Gasteiger charge is -2.30. The van der Waals surface area contributed by atoms with Crippen LogP contribution in [0.3, 0.4) is 0 Å². The molecule has 0 radical (unpaired) electrons. The van der Waals surface area contributed by atoms with E-state index in [4.69, 9.17) is 10.5 Å². The number of carbonyl (C=O) groups excluding carboxylic acids is 2. The van der Waals surface area contributed by atoms with Gasteiger partial charge in [0.1, 0.15) is 5.82 Å². The topological polar surface area (TPSA) is 72.6 Å². The number of carbonyl (C=O) groups is 2. The molecule has 1 aromatic carbocycles. The van der Waals surface area contributed by atoms with Crippen LogP contribution in [0.2, 0.25) is 0 Å². The lowest BCUT2D eigenvalue weighted by atomic mass is 10.2. The molecule has 2 rings (SSSR count). The van der Waals surface area contributed by atoms with Crippen molar-refractivity contribution in [2.45, 2.75) is 6.10 Å². The van der Waals surface area contributed by atoms with Gasteiger partial charge in [-0.15, -0.1) is 0 Å². The number of benzene rings is 1. The molecule has 20 heavy (non-hydrogen) atoms. The predicted molar refractivity (Wildman–Crippen MR) is 70.9 cm³/mol. The van der Waals surface area contributed by atoms with Crippen LogP contribution in [-0.4, -0.2) is 42.5 Å². The standard InChI is InChI=1S/C14H15FN2O3/c15-11-3-1-2-10(8-11)4-5-13(18)17-6-7-20-12(9-17)14(16)19/h1-5,8,12H,6-7,9H2,(H2,16,19)/b5-4-/t12-/m1/s1. The Balaban J connectivity index is 1.99. The van der Waals surface area contributed by atoms with E-state index in [0.717, 1.165) is 0 Å². The summed E-state index contributed by atoms with van der Waals surface area (Å²) in [4.78, 5) is 24.5. The third-order valence-corrected chi connectivity index (χ3v) is 2.96. The number of hydrogen-bond donors (Lipinski definition) is 1. The summed E-state index contributed by atoms with van der Waals surface area (Å²) in [6.45, 7) is 0.810. The fourth-order valence-corrected chi connectivity index (χ4v) is 1.90. The maximum atomic E-state index is 13.0. The summed E-state index contributed by atoms with van der Waals surface area (Å²) >= 11 is 0. The molecule has 0 aliphatic carbocycles. The van der Waals surface area contributed by atoms with Gasteiger partial charge in [0.25, 0.3) is 0 Å². The number of nitrogens with two attached hydrogens (primary N) is 1. The molecule has 2 N–H and O–H groups in total. The molecule has 1 fully saturated rings. The summed E-state index contributed by atoms with van der Waals surface area (Å²) in [5.41, 5.74) is 5.75. The van der Waals surface area contributed by atoms with Crippen LogP contribution < -0.4 is 5.73 Å². The third kappa shape index (κ3) is 3.64. The second-order valence-corrected chi connectivity index (χ2v) is 4.43. The Morgan fingerprint density at radius 1 is 1.45 bits per heavy atom. The molecule has 1 heterocycles. The van der Waals surface area contributed by atoms with E-state index >= 15 is 0 Å². The molecule has 0 spiro atoms. The number of ether oxygens (including phenoxy) is 1. The second kappa shape index (κ2) is 6.29. The Kier molecular flexibility index (Phi) is 4.47. The Morgan fingerprint density at radius 3 is 2.95 bits per heavy atom. The highest BCUT2D eigenvalue weighted by Gasteiger charge is 2.26. The minimum atomic E-state index is -0.768. The zero-order valence-corrected chi connectivity index (χ0v) is 10.8.